The SMILES string of the molecule is CC.CC1(C)OB(c2cnn(C3CCCCO3)c2)OC1(C)C. The van der Waals surface area contributed by atoms with Gasteiger partial charge in [-0.1, -0.05) is 13.8 Å². The van der Waals surface area contributed by atoms with Crippen molar-refractivity contribution in [3.8, 4) is 0 Å². The van der Waals surface area contributed by atoms with Crippen LogP contribution < -0.4 is 5.46 Å². The predicted molar refractivity (Wildman–Crippen MR) is 88.1 cm³/mol. The molecule has 1 aromatic heterocycles. The Kier molecular flexibility index (Phi) is 5.35. The molecule has 0 N–H and O–H groups in total. The summed E-state index contributed by atoms with van der Waals surface area (Å²) >= 11 is 0. The molecule has 3 rings (SSSR count). The first-order valence-electron chi connectivity index (χ1n) is 8.40. The Morgan fingerprint density at radius 2 is 1.77 bits per heavy atom. The molecule has 124 valence electrons. The van der Waals surface area contributed by atoms with Gasteiger partial charge in [-0.15, -0.1) is 0 Å². The second-order valence-corrected chi connectivity index (χ2v) is 6.66. The lowest BCUT2D eigenvalue weighted by Gasteiger charge is -2.32. The summed E-state index contributed by atoms with van der Waals surface area (Å²) in [6.45, 7) is 13.0. The van der Waals surface area contributed by atoms with E-state index >= 15 is 0 Å². The molecule has 5 nitrogen and oxygen atoms in total. The van der Waals surface area contributed by atoms with Crippen LogP contribution in [0.1, 0.15) is 67.0 Å². The molecule has 2 aliphatic rings. The Morgan fingerprint density at radius 1 is 1.14 bits per heavy atom. The maximum atomic E-state index is 6.03. The standard InChI is InChI=1S/C14H23BN2O3.C2H6/c1-13(2)14(3,4)20-15(19-13)11-9-16-17(10-11)12-7-5-6-8-18-12;1-2/h9-10,12H,5-8H2,1-4H3;1-2H3. The summed E-state index contributed by atoms with van der Waals surface area (Å²) in [5.41, 5.74) is 0.320. The third-order valence-corrected chi connectivity index (χ3v) is 4.60. The van der Waals surface area contributed by atoms with E-state index in [1.807, 2.05) is 30.9 Å². The van der Waals surface area contributed by atoms with E-state index in [9.17, 15) is 0 Å². The minimum Gasteiger partial charge on any atom is -0.399 e. The zero-order valence-electron chi connectivity index (χ0n) is 14.8. The number of hydrogen-bond donors (Lipinski definition) is 0. The van der Waals surface area contributed by atoms with Crippen molar-refractivity contribution in [3.05, 3.63) is 12.4 Å². The summed E-state index contributed by atoms with van der Waals surface area (Å²) in [6, 6.07) is 0. The largest absolute Gasteiger partial charge is 0.498 e. The Morgan fingerprint density at radius 3 is 2.32 bits per heavy atom. The average Bonchev–Trinajstić information content (AvgIpc) is 3.06. The van der Waals surface area contributed by atoms with Crippen molar-refractivity contribution in [1.82, 2.24) is 9.78 Å². The second kappa shape index (κ2) is 6.73. The molecule has 0 amide bonds. The molecule has 2 aliphatic heterocycles. The smallest absolute Gasteiger partial charge is 0.399 e. The van der Waals surface area contributed by atoms with Gasteiger partial charge < -0.3 is 14.0 Å². The van der Waals surface area contributed by atoms with Gasteiger partial charge in [0.25, 0.3) is 0 Å². The van der Waals surface area contributed by atoms with Crippen molar-refractivity contribution in [2.24, 2.45) is 0 Å². The Hall–Kier alpha value is -0.845. The van der Waals surface area contributed by atoms with Gasteiger partial charge in [0.2, 0.25) is 0 Å². The molecule has 0 bridgehead atoms. The normalized spacial score (nSPS) is 26.5. The zero-order valence-corrected chi connectivity index (χ0v) is 14.8. The van der Waals surface area contributed by atoms with E-state index in [0.717, 1.165) is 24.9 Å². The third-order valence-electron chi connectivity index (χ3n) is 4.60. The van der Waals surface area contributed by atoms with Crippen LogP contribution in [-0.4, -0.2) is 34.7 Å². The fraction of sp³-hybridized carbons (Fsp3) is 0.812. The topological polar surface area (TPSA) is 45.5 Å². The van der Waals surface area contributed by atoms with Crippen LogP contribution in [0, 0.1) is 0 Å². The highest BCUT2D eigenvalue weighted by Gasteiger charge is 2.52. The number of ether oxygens (including phenoxy) is 1. The van der Waals surface area contributed by atoms with Crippen LogP contribution in [0.2, 0.25) is 0 Å². The van der Waals surface area contributed by atoms with Crippen LogP contribution in [0.5, 0.6) is 0 Å². The summed E-state index contributed by atoms with van der Waals surface area (Å²) in [5.74, 6) is 0. The quantitative estimate of drug-likeness (QED) is 0.788. The van der Waals surface area contributed by atoms with Gasteiger partial charge in [0.1, 0.15) is 6.23 Å². The first-order chi connectivity index (χ1) is 10.4. The highest BCUT2D eigenvalue weighted by Crippen LogP contribution is 2.36. The maximum Gasteiger partial charge on any atom is 0.498 e. The minimum absolute atomic E-state index is 0.0555. The number of nitrogens with zero attached hydrogens (tertiary/aromatic N) is 2. The minimum atomic E-state index is -0.350. The monoisotopic (exact) mass is 308 g/mol. The van der Waals surface area contributed by atoms with Gasteiger partial charge in [0.05, 0.1) is 11.2 Å². The molecule has 22 heavy (non-hydrogen) atoms. The van der Waals surface area contributed by atoms with Crippen LogP contribution in [0.15, 0.2) is 12.4 Å². The molecule has 1 aromatic rings. The zero-order chi connectivity index (χ0) is 16.4. The maximum absolute atomic E-state index is 6.03. The Bertz CT molecular complexity index is 465. The lowest BCUT2D eigenvalue weighted by Crippen LogP contribution is -2.41. The van der Waals surface area contributed by atoms with Gasteiger partial charge in [0.15, 0.2) is 0 Å². The van der Waals surface area contributed by atoms with Crippen LogP contribution in [0.25, 0.3) is 0 Å². The molecule has 0 aliphatic carbocycles. The van der Waals surface area contributed by atoms with E-state index < -0.39 is 0 Å². The molecular weight excluding hydrogens is 279 g/mol. The van der Waals surface area contributed by atoms with Crippen molar-refractivity contribution in [2.45, 2.75) is 78.2 Å². The molecule has 0 saturated carbocycles. The molecule has 0 aromatic carbocycles. The van der Waals surface area contributed by atoms with Gasteiger partial charge in [-0.2, -0.15) is 5.10 Å². The summed E-state index contributed by atoms with van der Waals surface area (Å²) in [6.07, 6.45) is 7.21. The molecule has 3 heterocycles. The highest BCUT2D eigenvalue weighted by atomic mass is 16.7. The van der Waals surface area contributed by atoms with Crippen molar-refractivity contribution >= 4 is 12.6 Å². The molecule has 0 spiro atoms. The fourth-order valence-electron chi connectivity index (χ4n) is 2.54. The predicted octanol–water partition coefficient (Wildman–Crippen LogP) is 2.91. The van der Waals surface area contributed by atoms with Crippen LogP contribution in [-0.2, 0) is 14.0 Å². The summed E-state index contributed by atoms with van der Waals surface area (Å²) < 4.78 is 19.7. The van der Waals surface area contributed by atoms with E-state index in [2.05, 4.69) is 32.8 Å². The molecule has 0 radical (unpaired) electrons. The van der Waals surface area contributed by atoms with Crippen LogP contribution in [0.4, 0.5) is 0 Å². The van der Waals surface area contributed by atoms with Gasteiger partial charge in [-0.25, -0.2) is 4.68 Å². The number of hydrogen-bond acceptors (Lipinski definition) is 4. The third kappa shape index (κ3) is 3.39. The van der Waals surface area contributed by atoms with Crippen molar-refractivity contribution in [3.63, 3.8) is 0 Å². The van der Waals surface area contributed by atoms with Gasteiger partial charge in [-0.3, -0.25) is 0 Å². The summed E-state index contributed by atoms with van der Waals surface area (Å²) in [7, 11) is -0.350. The lowest BCUT2D eigenvalue weighted by atomic mass is 9.82. The molecule has 1 atom stereocenters. The highest BCUT2D eigenvalue weighted by molar-refractivity contribution is 6.61. The van der Waals surface area contributed by atoms with E-state index in [0.29, 0.717) is 0 Å². The van der Waals surface area contributed by atoms with Crippen LogP contribution >= 0.6 is 0 Å². The van der Waals surface area contributed by atoms with E-state index in [4.69, 9.17) is 14.0 Å². The first-order valence-corrected chi connectivity index (χ1v) is 8.40. The molecule has 2 fully saturated rings. The molecule has 6 heteroatoms. The van der Waals surface area contributed by atoms with E-state index in [1.165, 1.54) is 6.42 Å². The fourth-order valence-corrected chi connectivity index (χ4v) is 2.54. The Labute approximate surface area is 134 Å². The van der Waals surface area contributed by atoms with Crippen molar-refractivity contribution < 1.29 is 14.0 Å². The van der Waals surface area contributed by atoms with Gasteiger partial charge in [-0.05, 0) is 47.0 Å². The van der Waals surface area contributed by atoms with Crippen LogP contribution in [0.3, 0.4) is 0 Å². The average molecular weight is 308 g/mol. The van der Waals surface area contributed by atoms with E-state index in [-0.39, 0.29) is 24.5 Å². The van der Waals surface area contributed by atoms with Crippen molar-refractivity contribution in [1.29, 1.82) is 0 Å². The number of rotatable bonds is 2. The molecular formula is C16H29BN2O3. The molecule has 2 saturated heterocycles. The number of aromatic nitrogens is 2. The molecule has 1 unspecified atom stereocenters. The lowest BCUT2D eigenvalue weighted by molar-refractivity contribution is -0.0394. The Balaban J connectivity index is 0.000000847. The summed E-state index contributed by atoms with van der Waals surface area (Å²) in [5, 5.41) is 4.41. The first kappa shape index (κ1) is 17.5. The second-order valence-electron chi connectivity index (χ2n) is 6.66. The van der Waals surface area contributed by atoms with Gasteiger partial charge in [0, 0.05) is 24.5 Å². The van der Waals surface area contributed by atoms with E-state index in [1.54, 1.807) is 0 Å². The van der Waals surface area contributed by atoms with Crippen molar-refractivity contribution in [2.75, 3.05) is 6.61 Å². The summed E-state index contributed by atoms with van der Waals surface area (Å²) in [4.78, 5) is 0. The van der Waals surface area contributed by atoms with Gasteiger partial charge >= 0.3 is 7.12 Å².